The van der Waals surface area contributed by atoms with Gasteiger partial charge in [0, 0.05) is 10.7 Å². The third kappa shape index (κ3) is 3.83. The molecule has 1 aromatic heterocycles. The molecule has 2 aromatic rings. The first-order chi connectivity index (χ1) is 9.36. The molecule has 0 saturated carbocycles. The highest BCUT2D eigenvalue weighted by molar-refractivity contribution is 9.10. The summed E-state index contributed by atoms with van der Waals surface area (Å²) in [6, 6.07) is 10.3. The van der Waals surface area contributed by atoms with Crippen molar-refractivity contribution in [3.05, 3.63) is 57.8 Å². The smallest absolute Gasteiger partial charge is 0.130 e. The number of rotatable bonds is 3. The minimum Gasteiger partial charge on any atom is -0.487 e. The molecule has 0 saturated heterocycles. The Morgan fingerprint density at radius 2 is 1.90 bits per heavy atom. The molecule has 0 atom stereocenters. The number of halogens is 1. The van der Waals surface area contributed by atoms with E-state index in [1.807, 2.05) is 12.1 Å². The van der Waals surface area contributed by atoms with Gasteiger partial charge in [-0.2, -0.15) is 0 Å². The molecule has 0 fully saturated rings. The highest BCUT2D eigenvalue weighted by Crippen LogP contribution is 2.32. The molecule has 0 N–H and O–H groups in total. The minimum atomic E-state index is 0.0640. The molecule has 0 spiro atoms. The highest BCUT2D eigenvalue weighted by atomic mass is 79.9. The molecule has 3 heteroatoms. The second kappa shape index (κ2) is 5.96. The standard InChI is InChI=1S/C17H20BrNO/c1-12-5-8-16(15(9-12)17(2,3)4)20-11-14-7-6-13(18)10-19-14/h5-10H,11H2,1-4H3. The first-order valence-electron chi connectivity index (χ1n) is 6.70. The second-order valence-electron chi connectivity index (χ2n) is 6.01. The number of hydrogen-bond donors (Lipinski definition) is 0. The van der Waals surface area contributed by atoms with Crippen molar-refractivity contribution in [2.75, 3.05) is 0 Å². The van der Waals surface area contributed by atoms with Crippen LogP contribution in [0.2, 0.25) is 0 Å². The fraction of sp³-hybridized carbons (Fsp3) is 0.353. The molecule has 1 aromatic carbocycles. The monoisotopic (exact) mass is 333 g/mol. The summed E-state index contributed by atoms with van der Waals surface area (Å²) < 4.78 is 6.95. The maximum atomic E-state index is 5.97. The molecule has 0 radical (unpaired) electrons. The maximum absolute atomic E-state index is 5.97. The van der Waals surface area contributed by atoms with Crippen LogP contribution in [0.3, 0.4) is 0 Å². The van der Waals surface area contributed by atoms with Crippen LogP contribution >= 0.6 is 15.9 Å². The van der Waals surface area contributed by atoms with E-state index in [9.17, 15) is 0 Å². The van der Waals surface area contributed by atoms with E-state index in [4.69, 9.17) is 4.74 Å². The summed E-state index contributed by atoms with van der Waals surface area (Å²) in [6.45, 7) is 9.19. The number of benzene rings is 1. The average Bonchev–Trinajstić information content (AvgIpc) is 2.38. The van der Waals surface area contributed by atoms with Crippen molar-refractivity contribution in [2.45, 2.75) is 39.7 Å². The Balaban J connectivity index is 2.19. The molecule has 0 aliphatic rings. The van der Waals surface area contributed by atoms with E-state index in [0.29, 0.717) is 6.61 Å². The lowest BCUT2D eigenvalue weighted by atomic mass is 9.85. The van der Waals surface area contributed by atoms with Crippen LogP contribution in [0.4, 0.5) is 0 Å². The zero-order valence-electron chi connectivity index (χ0n) is 12.4. The Morgan fingerprint density at radius 3 is 2.50 bits per heavy atom. The van der Waals surface area contributed by atoms with Gasteiger partial charge in [-0.25, -0.2) is 0 Å². The van der Waals surface area contributed by atoms with Gasteiger partial charge in [-0.05, 0) is 52.0 Å². The SMILES string of the molecule is Cc1ccc(OCc2ccc(Br)cn2)c(C(C)(C)C)c1. The van der Waals surface area contributed by atoms with Crippen LogP contribution < -0.4 is 4.74 Å². The maximum Gasteiger partial charge on any atom is 0.130 e. The lowest BCUT2D eigenvalue weighted by Gasteiger charge is -2.23. The molecule has 106 valence electrons. The van der Waals surface area contributed by atoms with Crippen LogP contribution in [0.15, 0.2) is 41.0 Å². The fourth-order valence-electron chi connectivity index (χ4n) is 2.00. The topological polar surface area (TPSA) is 22.1 Å². The molecule has 0 amide bonds. The number of nitrogens with zero attached hydrogens (tertiary/aromatic N) is 1. The van der Waals surface area contributed by atoms with E-state index in [0.717, 1.165) is 15.9 Å². The minimum absolute atomic E-state index is 0.0640. The first kappa shape index (κ1) is 15.0. The van der Waals surface area contributed by atoms with Crippen LogP contribution in [0.5, 0.6) is 5.75 Å². The molecule has 0 unspecified atom stereocenters. The molecule has 2 nitrogen and oxygen atoms in total. The summed E-state index contributed by atoms with van der Waals surface area (Å²) in [7, 11) is 0. The van der Waals surface area contributed by atoms with Gasteiger partial charge in [-0.1, -0.05) is 38.5 Å². The van der Waals surface area contributed by atoms with Gasteiger partial charge >= 0.3 is 0 Å². The van der Waals surface area contributed by atoms with Crippen molar-refractivity contribution in [1.29, 1.82) is 0 Å². The second-order valence-corrected chi connectivity index (χ2v) is 6.92. The Labute approximate surface area is 129 Å². The molecule has 2 rings (SSSR count). The van der Waals surface area contributed by atoms with Gasteiger partial charge in [0.2, 0.25) is 0 Å². The van der Waals surface area contributed by atoms with E-state index in [1.165, 1.54) is 11.1 Å². The lowest BCUT2D eigenvalue weighted by Crippen LogP contribution is -2.14. The van der Waals surface area contributed by atoms with Crippen LogP contribution in [0.1, 0.15) is 37.6 Å². The predicted molar refractivity (Wildman–Crippen MR) is 86.1 cm³/mol. The van der Waals surface area contributed by atoms with Gasteiger partial charge in [0.15, 0.2) is 0 Å². The number of pyridine rings is 1. The summed E-state index contributed by atoms with van der Waals surface area (Å²) >= 11 is 3.38. The van der Waals surface area contributed by atoms with Gasteiger partial charge in [0.25, 0.3) is 0 Å². The summed E-state index contributed by atoms with van der Waals surface area (Å²) in [5, 5.41) is 0. The van der Waals surface area contributed by atoms with E-state index >= 15 is 0 Å². The highest BCUT2D eigenvalue weighted by Gasteiger charge is 2.19. The number of aromatic nitrogens is 1. The first-order valence-corrected chi connectivity index (χ1v) is 7.50. The summed E-state index contributed by atoms with van der Waals surface area (Å²) in [5.74, 6) is 0.938. The van der Waals surface area contributed by atoms with Crippen molar-refractivity contribution in [1.82, 2.24) is 4.98 Å². The van der Waals surface area contributed by atoms with Crippen LogP contribution in [-0.4, -0.2) is 4.98 Å². The van der Waals surface area contributed by atoms with Gasteiger partial charge in [-0.15, -0.1) is 0 Å². The summed E-state index contributed by atoms with van der Waals surface area (Å²) in [5.41, 5.74) is 3.47. The normalized spacial score (nSPS) is 11.4. The van der Waals surface area contributed by atoms with Crippen molar-refractivity contribution in [2.24, 2.45) is 0 Å². The Hall–Kier alpha value is -1.35. The molecule has 0 aliphatic heterocycles. The average molecular weight is 334 g/mol. The van der Waals surface area contributed by atoms with Crippen molar-refractivity contribution in [3.8, 4) is 5.75 Å². The van der Waals surface area contributed by atoms with Crippen molar-refractivity contribution < 1.29 is 4.74 Å². The van der Waals surface area contributed by atoms with E-state index in [-0.39, 0.29) is 5.41 Å². The summed E-state index contributed by atoms with van der Waals surface area (Å²) in [4.78, 5) is 4.33. The van der Waals surface area contributed by atoms with Gasteiger partial charge in [-0.3, -0.25) is 4.98 Å². The largest absolute Gasteiger partial charge is 0.487 e. The van der Waals surface area contributed by atoms with Crippen molar-refractivity contribution in [3.63, 3.8) is 0 Å². The molecule has 0 bridgehead atoms. The Bertz CT molecular complexity index is 585. The van der Waals surface area contributed by atoms with Crippen molar-refractivity contribution >= 4 is 15.9 Å². The molecule has 20 heavy (non-hydrogen) atoms. The van der Waals surface area contributed by atoms with Crippen LogP contribution in [0.25, 0.3) is 0 Å². The predicted octanol–water partition coefficient (Wildman–Crippen LogP) is 5.03. The van der Waals surface area contributed by atoms with E-state index < -0.39 is 0 Å². The quantitative estimate of drug-likeness (QED) is 0.785. The van der Waals surface area contributed by atoms with E-state index in [2.05, 4.69) is 66.8 Å². The number of ether oxygens (including phenoxy) is 1. The van der Waals surface area contributed by atoms with Crippen LogP contribution in [0, 0.1) is 6.92 Å². The zero-order valence-corrected chi connectivity index (χ0v) is 14.0. The van der Waals surface area contributed by atoms with Gasteiger partial charge in [0.1, 0.15) is 12.4 Å². The van der Waals surface area contributed by atoms with Crippen LogP contribution in [-0.2, 0) is 12.0 Å². The molecular formula is C17H20BrNO. The molecule has 0 aliphatic carbocycles. The molecule has 1 heterocycles. The lowest BCUT2D eigenvalue weighted by molar-refractivity contribution is 0.293. The van der Waals surface area contributed by atoms with Gasteiger partial charge in [0.05, 0.1) is 5.69 Å². The third-order valence-corrected chi connectivity index (χ3v) is 3.58. The fourth-order valence-corrected chi connectivity index (χ4v) is 2.23. The molecular weight excluding hydrogens is 314 g/mol. The summed E-state index contributed by atoms with van der Waals surface area (Å²) in [6.07, 6.45) is 1.79. The zero-order chi connectivity index (χ0) is 14.8. The van der Waals surface area contributed by atoms with Gasteiger partial charge < -0.3 is 4.74 Å². The number of aryl methyl sites for hydroxylation is 1. The van der Waals surface area contributed by atoms with E-state index in [1.54, 1.807) is 6.20 Å². The Kier molecular flexibility index (Phi) is 4.48. The number of hydrogen-bond acceptors (Lipinski definition) is 2. The third-order valence-electron chi connectivity index (χ3n) is 3.11. The Morgan fingerprint density at radius 1 is 1.15 bits per heavy atom.